The maximum absolute atomic E-state index is 5.81. The topological polar surface area (TPSA) is 116 Å². The second kappa shape index (κ2) is 8.05. The number of anilines is 3. The van der Waals surface area contributed by atoms with Crippen molar-refractivity contribution in [1.82, 2.24) is 25.1 Å². The number of para-hydroxylation sites is 1. The average molecular weight is 391 g/mol. The van der Waals surface area contributed by atoms with Crippen LogP contribution in [0.1, 0.15) is 11.4 Å². The van der Waals surface area contributed by atoms with Gasteiger partial charge in [-0.25, -0.2) is 0 Å². The van der Waals surface area contributed by atoms with E-state index in [9.17, 15) is 0 Å². The van der Waals surface area contributed by atoms with Crippen LogP contribution in [0.15, 0.2) is 64.2 Å². The third-order valence-corrected chi connectivity index (χ3v) is 4.54. The second-order valence-electron chi connectivity index (χ2n) is 5.96. The molecule has 0 aliphatic carbocycles. The minimum atomic E-state index is 0.148. The number of aromatic nitrogens is 5. The van der Waals surface area contributed by atoms with E-state index in [4.69, 9.17) is 10.2 Å². The van der Waals surface area contributed by atoms with E-state index in [1.165, 1.54) is 11.8 Å². The van der Waals surface area contributed by atoms with E-state index in [1.54, 1.807) is 0 Å². The zero-order valence-electron chi connectivity index (χ0n) is 15.0. The highest BCUT2D eigenvalue weighted by Gasteiger charge is 2.11. The number of nitrogens with zero attached hydrogens (tertiary/aromatic N) is 5. The highest BCUT2D eigenvalue weighted by Crippen LogP contribution is 2.25. The summed E-state index contributed by atoms with van der Waals surface area (Å²) in [5.41, 5.74) is 8.70. The molecule has 2 heterocycles. The summed E-state index contributed by atoms with van der Waals surface area (Å²) >= 11 is 1.34. The van der Waals surface area contributed by atoms with Gasteiger partial charge in [0.05, 0.1) is 5.75 Å². The molecule has 0 saturated carbocycles. The number of benzene rings is 2. The van der Waals surface area contributed by atoms with E-state index in [1.807, 2.05) is 61.5 Å². The Kier molecular flexibility index (Phi) is 5.16. The quantitative estimate of drug-likeness (QED) is 0.473. The van der Waals surface area contributed by atoms with Crippen molar-refractivity contribution in [3.63, 3.8) is 0 Å². The molecule has 8 nitrogen and oxygen atoms in total. The Hall–Kier alpha value is -3.46. The zero-order valence-corrected chi connectivity index (χ0v) is 15.8. The fourth-order valence-electron chi connectivity index (χ4n) is 2.50. The number of thioether (sulfide) groups is 1. The van der Waals surface area contributed by atoms with Gasteiger partial charge in [0.2, 0.25) is 17.8 Å². The van der Waals surface area contributed by atoms with Gasteiger partial charge in [0, 0.05) is 11.3 Å². The van der Waals surface area contributed by atoms with Crippen LogP contribution in [0.2, 0.25) is 0 Å². The van der Waals surface area contributed by atoms with Gasteiger partial charge in [-0.2, -0.15) is 15.0 Å². The summed E-state index contributed by atoms with van der Waals surface area (Å²) in [6, 6.07) is 17.5. The van der Waals surface area contributed by atoms with Gasteiger partial charge in [-0.1, -0.05) is 47.7 Å². The highest BCUT2D eigenvalue weighted by atomic mass is 32.2. The molecule has 0 spiro atoms. The Labute approximate surface area is 165 Å². The Morgan fingerprint density at radius 2 is 1.86 bits per heavy atom. The Morgan fingerprint density at radius 1 is 1.00 bits per heavy atom. The van der Waals surface area contributed by atoms with E-state index < -0.39 is 0 Å². The molecule has 0 radical (unpaired) electrons. The summed E-state index contributed by atoms with van der Waals surface area (Å²) in [6.45, 7) is 2.02. The van der Waals surface area contributed by atoms with Crippen molar-refractivity contribution in [2.75, 3.05) is 11.1 Å². The first-order chi connectivity index (χ1) is 13.7. The van der Waals surface area contributed by atoms with Gasteiger partial charge >= 0.3 is 0 Å². The maximum Gasteiger partial charge on any atom is 0.277 e. The minimum Gasteiger partial charge on any atom is -0.411 e. The van der Waals surface area contributed by atoms with Gasteiger partial charge in [0.25, 0.3) is 5.22 Å². The summed E-state index contributed by atoms with van der Waals surface area (Å²) in [6.07, 6.45) is 0. The summed E-state index contributed by atoms with van der Waals surface area (Å²) in [5, 5.41) is 11.7. The molecule has 0 amide bonds. The predicted octanol–water partition coefficient (Wildman–Crippen LogP) is 3.85. The standard InChI is InChI=1S/C19H17N7OS/c1-12-6-5-7-13(10-12)16-25-26-19(27-16)28-11-15-22-17(20)24-18(23-15)21-14-8-3-2-4-9-14/h2-10H,11H2,1H3,(H3,20,21,22,23,24). The van der Waals surface area contributed by atoms with Crippen molar-refractivity contribution in [2.45, 2.75) is 17.9 Å². The van der Waals surface area contributed by atoms with Gasteiger partial charge in [-0.05, 0) is 31.2 Å². The number of nitrogens with one attached hydrogen (secondary N) is 1. The summed E-state index contributed by atoms with van der Waals surface area (Å²) in [7, 11) is 0. The third kappa shape index (κ3) is 4.44. The van der Waals surface area contributed by atoms with Gasteiger partial charge in [-0.3, -0.25) is 0 Å². The first kappa shape index (κ1) is 17.9. The van der Waals surface area contributed by atoms with Gasteiger partial charge < -0.3 is 15.5 Å². The molecule has 0 aliphatic rings. The molecule has 0 aliphatic heterocycles. The van der Waals surface area contributed by atoms with E-state index in [2.05, 4.69) is 30.5 Å². The van der Waals surface area contributed by atoms with Crippen molar-refractivity contribution < 1.29 is 4.42 Å². The Bertz CT molecular complexity index is 1080. The van der Waals surface area contributed by atoms with Crippen LogP contribution in [0.25, 0.3) is 11.5 Å². The summed E-state index contributed by atoms with van der Waals surface area (Å²) in [4.78, 5) is 12.7. The number of rotatable bonds is 6. The lowest BCUT2D eigenvalue weighted by Gasteiger charge is -2.06. The Balaban J connectivity index is 1.45. The molecule has 0 fully saturated rings. The molecule has 9 heteroatoms. The minimum absolute atomic E-state index is 0.148. The molecule has 2 aromatic carbocycles. The lowest BCUT2D eigenvalue weighted by atomic mass is 10.1. The molecule has 0 unspecified atom stereocenters. The molecule has 4 rings (SSSR count). The smallest absolute Gasteiger partial charge is 0.277 e. The first-order valence-electron chi connectivity index (χ1n) is 8.51. The predicted molar refractivity (Wildman–Crippen MR) is 108 cm³/mol. The molecule has 4 aromatic rings. The van der Waals surface area contributed by atoms with Crippen LogP contribution in [0.3, 0.4) is 0 Å². The zero-order chi connectivity index (χ0) is 19.3. The molecule has 140 valence electrons. The lowest BCUT2D eigenvalue weighted by Crippen LogP contribution is -2.06. The van der Waals surface area contributed by atoms with Crippen LogP contribution >= 0.6 is 11.8 Å². The molecule has 0 bridgehead atoms. The molecule has 0 atom stereocenters. The number of hydrogen-bond donors (Lipinski definition) is 2. The number of aryl methyl sites for hydroxylation is 1. The second-order valence-corrected chi connectivity index (χ2v) is 6.88. The van der Waals surface area contributed by atoms with Crippen LogP contribution in [0, 0.1) is 6.92 Å². The number of hydrogen-bond acceptors (Lipinski definition) is 9. The molecule has 2 aromatic heterocycles. The number of nitrogens with two attached hydrogens (primary N) is 1. The fourth-order valence-corrected chi connectivity index (χ4v) is 3.12. The summed E-state index contributed by atoms with van der Waals surface area (Å²) in [5.74, 6) is 1.96. The van der Waals surface area contributed by atoms with Gasteiger partial charge in [0.15, 0.2) is 0 Å². The van der Waals surface area contributed by atoms with Crippen molar-refractivity contribution in [1.29, 1.82) is 0 Å². The van der Waals surface area contributed by atoms with E-state index in [0.29, 0.717) is 28.6 Å². The highest BCUT2D eigenvalue weighted by molar-refractivity contribution is 7.98. The van der Waals surface area contributed by atoms with Crippen LogP contribution in [-0.4, -0.2) is 25.1 Å². The fraction of sp³-hybridized carbons (Fsp3) is 0.105. The van der Waals surface area contributed by atoms with Crippen molar-refractivity contribution >= 4 is 29.3 Å². The van der Waals surface area contributed by atoms with Gasteiger partial charge in [-0.15, -0.1) is 10.2 Å². The monoisotopic (exact) mass is 391 g/mol. The SMILES string of the molecule is Cc1cccc(-c2nnc(SCc3nc(N)nc(Nc4ccccc4)n3)o2)c1. The van der Waals surface area contributed by atoms with Crippen molar-refractivity contribution in [3.8, 4) is 11.5 Å². The van der Waals surface area contributed by atoms with E-state index in [0.717, 1.165) is 16.8 Å². The molecule has 3 N–H and O–H groups in total. The maximum atomic E-state index is 5.81. The van der Waals surface area contributed by atoms with Crippen LogP contribution in [-0.2, 0) is 5.75 Å². The number of nitrogen functional groups attached to an aromatic ring is 1. The van der Waals surface area contributed by atoms with E-state index in [-0.39, 0.29) is 5.95 Å². The summed E-state index contributed by atoms with van der Waals surface area (Å²) < 4.78 is 5.73. The molecular formula is C19H17N7OS. The van der Waals surface area contributed by atoms with E-state index >= 15 is 0 Å². The Morgan fingerprint density at radius 3 is 2.68 bits per heavy atom. The average Bonchev–Trinajstić information content (AvgIpc) is 3.16. The largest absolute Gasteiger partial charge is 0.411 e. The van der Waals surface area contributed by atoms with Crippen LogP contribution in [0.5, 0.6) is 0 Å². The lowest BCUT2D eigenvalue weighted by molar-refractivity contribution is 0.465. The molecular weight excluding hydrogens is 374 g/mol. The van der Waals surface area contributed by atoms with Crippen molar-refractivity contribution in [2.24, 2.45) is 0 Å². The first-order valence-corrected chi connectivity index (χ1v) is 9.50. The van der Waals surface area contributed by atoms with Gasteiger partial charge in [0.1, 0.15) is 5.82 Å². The normalized spacial score (nSPS) is 10.8. The van der Waals surface area contributed by atoms with Crippen LogP contribution < -0.4 is 11.1 Å². The van der Waals surface area contributed by atoms with Crippen LogP contribution in [0.4, 0.5) is 17.6 Å². The molecule has 0 saturated heterocycles. The van der Waals surface area contributed by atoms with Crippen molar-refractivity contribution in [3.05, 3.63) is 66.0 Å². The third-order valence-electron chi connectivity index (χ3n) is 3.73. The molecule has 28 heavy (non-hydrogen) atoms.